The Labute approximate surface area is 311 Å². The second kappa shape index (κ2) is 20.7. The normalized spacial score (nSPS) is 16.0. The first-order chi connectivity index (χ1) is 24.7. The number of aromatic nitrogens is 2. The van der Waals surface area contributed by atoms with E-state index in [1.165, 1.54) is 44.8 Å². The molecule has 1 unspecified atom stereocenters. The van der Waals surface area contributed by atoms with Crippen LogP contribution in [0.2, 0.25) is 0 Å². The molecular formula is C42H63FN6OS. The van der Waals surface area contributed by atoms with Crippen LogP contribution in [0.25, 0.3) is 22.3 Å². The number of thiophene rings is 1. The molecule has 51 heavy (non-hydrogen) atoms. The highest BCUT2D eigenvalue weighted by Gasteiger charge is 2.32. The topological polar surface area (TPSA) is 91.3 Å². The Balaban J connectivity index is 0.000000507. The van der Waals surface area contributed by atoms with Crippen LogP contribution in [0, 0.1) is 11.3 Å². The number of nitrogen functional groups attached to an aromatic ring is 1. The van der Waals surface area contributed by atoms with Gasteiger partial charge in [-0.05, 0) is 107 Å². The Kier molecular flexibility index (Phi) is 17.0. The molecule has 1 aromatic carbocycles. The second-order valence-electron chi connectivity index (χ2n) is 13.5. The zero-order valence-electron chi connectivity index (χ0n) is 33.1. The Morgan fingerprint density at radius 3 is 2.43 bits per heavy atom. The minimum atomic E-state index is -0.372. The minimum Gasteiger partial charge on any atom is -0.389 e. The quantitative estimate of drug-likeness (QED) is 0.176. The predicted molar refractivity (Wildman–Crippen MR) is 217 cm³/mol. The Hall–Kier alpha value is -3.32. The van der Waals surface area contributed by atoms with Crippen molar-refractivity contribution in [1.82, 2.24) is 14.9 Å². The molecule has 2 N–H and O–H groups in total. The van der Waals surface area contributed by atoms with Crippen molar-refractivity contribution < 1.29 is 9.13 Å². The molecule has 0 saturated carbocycles. The smallest absolute Gasteiger partial charge is 0.226 e. The van der Waals surface area contributed by atoms with Gasteiger partial charge in [-0.2, -0.15) is 5.26 Å². The lowest BCUT2D eigenvalue weighted by molar-refractivity contribution is 0.135. The van der Waals surface area contributed by atoms with Crippen molar-refractivity contribution in [3.8, 4) is 6.07 Å². The van der Waals surface area contributed by atoms with E-state index in [0.717, 1.165) is 100 Å². The van der Waals surface area contributed by atoms with Crippen molar-refractivity contribution in [3.63, 3.8) is 0 Å². The number of nitriles is 1. The maximum absolute atomic E-state index is 15.4. The molecule has 1 fully saturated rings. The lowest BCUT2D eigenvalue weighted by Crippen LogP contribution is -2.28. The van der Waals surface area contributed by atoms with E-state index in [9.17, 15) is 5.26 Å². The molecule has 3 aromatic rings. The number of unbranched alkanes of at least 4 members (excludes halogenated alkanes) is 2. The van der Waals surface area contributed by atoms with Crippen LogP contribution in [-0.2, 0) is 24.4 Å². The van der Waals surface area contributed by atoms with Crippen LogP contribution >= 0.6 is 11.3 Å². The van der Waals surface area contributed by atoms with Crippen molar-refractivity contribution >= 4 is 44.6 Å². The van der Waals surface area contributed by atoms with E-state index in [-0.39, 0.29) is 5.83 Å². The molecule has 4 heterocycles. The first kappa shape index (κ1) is 42.1. The van der Waals surface area contributed by atoms with Gasteiger partial charge in [-0.15, -0.1) is 11.3 Å². The molecule has 0 amide bonds. The van der Waals surface area contributed by atoms with Crippen LogP contribution in [0.15, 0.2) is 17.8 Å². The molecule has 0 radical (unpaired) electrons. The largest absolute Gasteiger partial charge is 0.389 e. The summed E-state index contributed by atoms with van der Waals surface area (Å²) in [7, 11) is 2.21. The van der Waals surface area contributed by atoms with Gasteiger partial charge in [-0.3, -0.25) is 0 Å². The molecular weight excluding hydrogens is 656 g/mol. The number of benzene rings is 1. The third kappa shape index (κ3) is 9.57. The molecule has 1 saturated heterocycles. The van der Waals surface area contributed by atoms with E-state index in [2.05, 4.69) is 64.5 Å². The van der Waals surface area contributed by atoms with Gasteiger partial charge in [-0.25, -0.2) is 14.4 Å². The van der Waals surface area contributed by atoms with E-state index in [1.807, 2.05) is 20.0 Å². The van der Waals surface area contributed by atoms with Crippen molar-refractivity contribution in [2.75, 3.05) is 37.3 Å². The third-order valence-corrected chi connectivity index (χ3v) is 10.9. The van der Waals surface area contributed by atoms with Gasteiger partial charge in [0.05, 0.1) is 29.2 Å². The molecule has 280 valence electrons. The van der Waals surface area contributed by atoms with E-state index in [0.29, 0.717) is 40.3 Å². The number of aryl methyl sites for hydroxylation is 1. The molecule has 1 atom stereocenters. The zero-order valence-corrected chi connectivity index (χ0v) is 34.0. The summed E-state index contributed by atoms with van der Waals surface area (Å²) in [6.45, 7) is 23.1. The molecule has 7 nitrogen and oxygen atoms in total. The van der Waals surface area contributed by atoms with Crippen molar-refractivity contribution in [2.45, 2.75) is 139 Å². The zero-order chi connectivity index (χ0) is 37.7. The molecule has 2 aliphatic rings. The summed E-state index contributed by atoms with van der Waals surface area (Å²) in [5.74, 6) is 0.383. The number of rotatable bonds is 13. The fraction of sp³-hybridized carbons (Fsp3) is 0.595. The molecule has 2 aromatic heterocycles. The number of allylic oxidation sites excluding steroid dienone is 2. The molecule has 5 rings (SSSR count). The van der Waals surface area contributed by atoms with Gasteiger partial charge < -0.3 is 20.3 Å². The molecule has 9 heteroatoms. The predicted octanol–water partition coefficient (Wildman–Crippen LogP) is 11.2. The van der Waals surface area contributed by atoms with E-state index < -0.39 is 0 Å². The summed E-state index contributed by atoms with van der Waals surface area (Å²) in [6, 6.07) is 2.69. The van der Waals surface area contributed by atoms with Crippen LogP contribution in [0.1, 0.15) is 152 Å². The first-order valence-electron chi connectivity index (χ1n) is 19.4. The number of anilines is 2. The number of nitrogens with two attached hydrogens (primary N) is 1. The second-order valence-corrected chi connectivity index (χ2v) is 14.5. The van der Waals surface area contributed by atoms with Crippen LogP contribution in [0.5, 0.6) is 0 Å². The van der Waals surface area contributed by atoms with E-state index in [4.69, 9.17) is 20.4 Å². The number of nitrogens with zero attached hydrogens (tertiary/aromatic N) is 5. The highest BCUT2D eigenvalue weighted by atomic mass is 32.1. The summed E-state index contributed by atoms with van der Waals surface area (Å²) in [5, 5.41) is 11.5. The van der Waals surface area contributed by atoms with E-state index in [1.54, 1.807) is 6.92 Å². The fourth-order valence-electron chi connectivity index (χ4n) is 7.13. The Morgan fingerprint density at radius 2 is 1.84 bits per heavy atom. The summed E-state index contributed by atoms with van der Waals surface area (Å²) >= 11 is 1.14. The monoisotopic (exact) mass is 718 g/mol. The van der Waals surface area contributed by atoms with Gasteiger partial charge >= 0.3 is 0 Å². The number of fused-ring (bicyclic) bond motifs is 3. The summed E-state index contributed by atoms with van der Waals surface area (Å²) in [4.78, 5) is 15.1. The van der Waals surface area contributed by atoms with Crippen molar-refractivity contribution in [1.29, 1.82) is 5.26 Å². The number of hydrogen-bond acceptors (Lipinski definition) is 8. The lowest BCUT2D eigenvalue weighted by atomic mass is 9.81. The van der Waals surface area contributed by atoms with E-state index >= 15 is 4.39 Å². The number of ether oxygens (including phenoxy) is 1. The highest BCUT2D eigenvalue weighted by molar-refractivity contribution is 7.17. The molecule has 2 aliphatic heterocycles. The standard InChI is InChI=1S/C31H36FN5OS.C9H21N.C2H6/c1-6-10-19-26(25(17(4)7-2)27-20(13-33)30(34)39-29(27)24(32)8-3)23-16-38-15-22(23)21-14-35-31(36-28(19)21)37-12-9-11-18(37)5;1-4-6-7-9-10(3)8-5-2;1-2/h8,14,18H,6-7,9-12,15-16,34H2,1-5H3;4-9H2,1-3H3;1-2H3/b24-8+,25-17+;;. The first-order valence-corrected chi connectivity index (χ1v) is 20.2. The van der Waals surface area contributed by atoms with Crippen LogP contribution in [0.3, 0.4) is 0 Å². The van der Waals surface area contributed by atoms with Crippen LogP contribution < -0.4 is 10.6 Å². The van der Waals surface area contributed by atoms with Crippen molar-refractivity contribution in [3.05, 3.63) is 56.1 Å². The van der Waals surface area contributed by atoms with Gasteiger partial charge in [0.2, 0.25) is 5.95 Å². The SMILES string of the molecule is C/C=C(/F)c1sc(N)c(C#N)c1/C(=C(\C)CC)c1c2c(c3cnc(N4CCCC4C)nc3c1CCC)COC2.CC.CCCCCN(C)CCC. The average molecular weight is 719 g/mol. The molecule has 0 bridgehead atoms. The van der Waals surface area contributed by atoms with Crippen LogP contribution in [-0.4, -0.2) is 47.6 Å². The molecule has 0 aliphatic carbocycles. The minimum absolute atomic E-state index is 0.333. The number of halogens is 1. The third-order valence-electron chi connectivity index (χ3n) is 9.88. The van der Waals surface area contributed by atoms with Gasteiger partial charge in [0.25, 0.3) is 0 Å². The summed E-state index contributed by atoms with van der Waals surface area (Å²) in [6.07, 6.45) is 13.5. The Bertz CT molecular complexity index is 1700. The summed E-state index contributed by atoms with van der Waals surface area (Å²) < 4.78 is 21.4. The fourth-order valence-corrected chi connectivity index (χ4v) is 8.12. The van der Waals surface area contributed by atoms with Crippen molar-refractivity contribution in [2.24, 2.45) is 0 Å². The number of hydrogen-bond donors (Lipinski definition) is 1. The lowest BCUT2D eigenvalue weighted by Gasteiger charge is -2.25. The molecule has 0 spiro atoms. The van der Waals surface area contributed by atoms with Gasteiger partial charge in [0.15, 0.2) is 0 Å². The highest BCUT2D eigenvalue weighted by Crippen LogP contribution is 2.48. The van der Waals surface area contributed by atoms with Gasteiger partial charge in [-0.1, -0.05) is 72.5 Å². The summed E-state index contributed by atoms with van der Waals surface area (Å²) in [5.41, 5.74) is 14.4. The van der Waals surface area contributed by atoms with Crippen LogP contribution in [0.4, 0.5) is 15.3 Å². The van der Waals surface area contributed by atoms with Gasteiger partial charge in [0, 0.05) is 29.7 Å². The maximum Gasteiger partial charge on any atom is 0.226 e. The Morgan fingerprint density at radius 1 is 1.12 bits per heavy atom. The average Bonchev–Trinajstić information content (AvgIpc) is 3.89. The van der Waals surface area contributed by atoms with Gasteiger partial charge in [0.1, 0.15) is 16.9 Å². The maximum atomic E-state index is 15.4.